The summed E-state index contributed by atoms with van der Waals surface area (Å²) in [5.74, 6) is -1.24. The average Bonchev–Trinajstić information content (AvgIpc) is 2.40. The van der Waals surface area contributed by atoms with Crippen LogP contribution in [0.3, 0.4) is 0 Å². The van der Waals surface area contributed by atoms with Gasteiger partial charge in [0.05, 0.1) is 5.56 Å². The first kappa shape index (κ1) is 12.6. The van der Waals surface area contributed by atoms with Crippen LogP contribution in [0.25, 0.3) is 0 Å². The number of carboxylic acids is 1. The van der Waals surface area contributed by atoms with Gasteiger partial charge < -0.3 is 15.2 Å². The van der Waals surface area contributed by atoms with Gasteiger partial charge in [-0.2, -0.15) is 0 Å². The molecule has 0 aromatic heterocycles. The minimum atomic E-state index is -1.00. The molecule has 18 heavy (non-hydrogen) atoms. The summed E-state index contributed by atoms with van der Waals surface area (Å²) in [5, 5.41) is 11.5. The number of ether oxygens (including phenoxy) is 1. The van der Waals surface area contributed by atoms with E-state index in [0.717, 1.165) is 19.3 Å². The van der Waals surface area contributed by atoms with E-state index in [1.165, 1.54) is 24.3 Å². The minimum Gasteiger partial charge on any atom is -0.478 e. The summed E-state index contributed by atoms with van der Waals surface area (Å²) in [6.07, 6.45) is 2.66. The smallest absolute Gasteiger partial charge is 0.335 e. The Kier molecular flexibility index (Phi) is 3.94. The maximum atomic E-state index is 11.9. The van der Waals surface area contributed by atoms with Gasteiger partial charge in [-0.15, -0.1) is 0 Å². The Morgan fingerprint density at radius 3 is 2.39 bits per heavy atom. The molecule has 1 aromatic rings. The summed E-state index contributed by atoms with van der Waals surface area (Å²) < 4.78 is 5.41. The Morgan fingerprint density at radius 1 is 1.17 bits per heavy atom. The van der Waals surface area contributed by atoms with E-state index in [4.69, 9.17) is 9.84 Å². The predicted octanol–water partition coefficient (Wildman–Crippen LogP) is 1.64. The largest absolute Gasteiger partial charge is 0.478 e. The van der Waals surface area contributed by atoms with Crippen molar-refractivity contribution in [3.05, 3.63) is 35.4 Å². The van der Waals surface area contributed by atoms with Gasteiger partial charge >= 0.3 is 5.97 Å². The van der Waals surface area contributed by atoms with Crippen molar-refractivity contribution in [3.8, 4) is 0 Å². The number of hydrogen-bond acceptors (Lipinski definition) is 3. The third-order valence-electron chi connectivity index (χ3n) is 2.87. The van der Waals surface area contributed by atoms with E-state index in [9.17, 15) is 9.59 Å². The molecule has 1 aromatic carbocycles. The zero-order valence-electron chi connectivity index (χ0n) is 9.89. The lowest BCUT2D eigenvalue weighted by molar-refractivity contribution is -0.00267. The molecule has 1 amide bonds. The highest BCUT2D eigenvalue weighted by atomic mass is 16.5. The van der Waals surface area contributed by atoms with Gasteiger partial charge in [-0.05, 0) is 43.5 Å². The first-order valence-corrected chi connectivity index (χ1v) is 5.92. The van der Waals surface area contributed by atoms with Crippen molar-refractivity contribution in [2.24, 2.45) is 0 Å². The number of carbonyl (C=O) groups excluding carboxylic acids is 1. The molecule has 1 aliphatic rings. The van der Waals surface area contributed by atoms with Crippen molar-refractivity contribution in [2.75, 3.05) is 6.61 Å². The van der Waals surface area contributed by atoms with Crippen LogP contribution in [0, 0.1) is 0 Å². The molecule has 0 spiro atoms. The molecule has 96 valence electrons. The van der Waals surface area contributed by atoms with Gasteiger partial charge in [-0.1, -0.05) is 0 Å². The molecule has 0 aliphatic carbocycles. The Hall–Kier alpha value is -1.88. The van der Waals surface area contributed by atoms with E-state index in [2.05, 4.69) is 5.32 Å². The van der Waals surface area contributed by atoms with E-state index in [-0.39, 0.29) is 17.7 Å². The van der Waals surface area contributed by atoms with Crippen LogP contribution in [0.15, 0.2) is 24.3 Å². The van der Waals surface area contributed by atoms with E-state index in [0.29, 0.717) is 12.2 Å². The van der Waals surface area contributed by atoms with E-state index in [1.807, 2.05) is 0 Å². The summed E-state index contributed by atoms with van der Waals surface area (Å²) in [6, 6.07) is 5.83. The minimum absolute atomic E-state index is 0.167. The monoisotopic (exact) mass is 249 g/mol. The molecule has 2 rings (SSSR count). The normalized spacial score (nSPS) is 19.2. The average molecular weight is 249 g/mol. The van der Waals surface area contributed by atoms with Crippen molar-refractivity contribution >= 4 is 11.9 Å². The standard InChI is InChI=1S/C13H15NO4/c15-12(14-11-3-1-2-8-18-11)9-4-6-10(7-5-9)13(16)17/h4-7,11H,1-3,8H2,(H,14,15)(H,16,17). The number of nitrogens with one attached hydrogen (secondary N) is 1. The van der Waals surface area contributed by atoms with Gasteiger partial charge in [0.15, 0.2) is 0 Å². The lowest BCUT2D eigenvalue weighted by atomic mass is 10.1. The Balaban J connectivity index is 1.97. The molecule has 0 radical (unpaired) electrons. The Morgan fingerprint density at radius 2 is 1.83 bits per heavy atom. The summed E-state index contributed by atoms with van der Waals surface area (Å²) in [7, 11) is 0. The van der Waals surface area contributed by atoms with Crippen molar-refractivity contribution in [2.45, 2.75) is 25.5 Å². The van der Waals surface area contributed by atoms with Crippen LogP contribution in [-0.2, 0) is 4.74 Å². The van der Waals surface area contributed by atoms with Crippen LogP contribution in [0.4, 0.5) is 0 Å². The number of hydrogen-bond donors (Lipinski definition) is 2. The molecule has 1 saturated heterocycles. The number of amides is 1. The molecule has 1 aliphatic heterocycles. The van der Waals surface area contributed by atoms with E-state index < -0.39 is 5.97 Å². The van der Waals surface area contributed by atoms with Crippen molar-refractivity contribution in [1.82, 2.24) is 5.32 Å². The van der Waals surface area contributed by atoms with Crippen LogP contribution >= 0.6 is 0 Å². The van der Waals surface area contributed by atoms with Crippen LogP contribution in [0.1, 0.15) is 40.0 Å². The quantitative estimate of drug-likeness (QED) is 0.853. The van der Waals surface area contributed by atoms with Crippen LogP contribution in [0.2, 0.25) is 0 Å². The molecule has 0 bridgehead atoms. The molecule has 1 atom stereocenters. The van der Waals surface area contributed by atoms with Crippen molar-refractivity contribution in [3.63, 3.8) is 0 Å². The van der Waals surface area contributed by atoms with Gasteiger partial charge in [-0.3, -0.25) is 4.79 Å². The van der Waals surface area contributed by atoms with Gasteiger partial charge in [0.25, 0.3) is 5.91 Å². The van der Waals surface area contributed by atoms with Crippen LogP contribution in [0.5, 0.6) is 0 Å². The number of aromatic carboxylic acids is 1. The summed E-state index contributed by atoms with van der Waals surface area (Å²) in [6.45, 7) is 0.670. The maximum absolute atomic E-state index is 11.9. The third-order valence-corrected chi connectivity index (χ3v) is 2.87. The van der Waals surface area contributed by atoms with Crippen LogP contribution < -0.4 is 5.32 Å². The summed E-state index contributed by atoms with van der Waals surface area (Å²) in [4.78, 5) is 22.5. The van der Waals surface area contributed by atoms with Gasteiger partial charge in [-0.25, -0.2) is 4.79 Å². The zero-order chi connectivity index (χ0) is 13.0. The predicted molar refractivity (Wildman–Crippen MR) is 64.5 cm³/mol. The van der Waals surface area contributed by atoms with Crippen molar-refractivity contribution in [1.29, 1.82) is 0 Å². The molecule has 1 unspecified atom stereocenters. The second kappa shape index (κ2) is 5.64. The molecular formula is C13H15NO4. The molecule has 5 heteroatoms. The lowest BCUT2D eigenvalue weighted by Crippen LogP contribution is -2.38. The zero-order valence-corrected chi connectivity index (χ0v) is 9.89. The molecule has 5 nitrogen and oxygen atoms in total. The number of carbonyl (C=O) groups is 2. The first-order valence-electron chi connectivity index (χ1n) is 5.92. The highest BCUT2D eigenvalue weighted by Gasteiger charge is 2.17. The molecule has 1 heterocycles. The highest BCUT2D eigenvalue weighted by molar-refractivity contribution is 5.95. The fourth-order valence-corrected chi connectivity index (χ4v) is 1.85. The molecule has 1 fully saturated rings. The molecule has 0 saturated carbocycles. The van der Waals surface area contributed by atoms with Crippen molar-refractivity contribution < 1.29 is 19.4 Å². The molecular weight excluding hydrogens is 234 g/mol. The second-order valence-electron chi connectivity index (χ2n) is 4.21. The number of benzene rings is 1. The second-order valence-corrected chi connectivity index (χ2v) is 4.21. The van der Waals surface area contributed by atoms with Gasteiger partial charge in [0.1, 0.15) is 6.23 Å². The van der Waals surface area contributed by atoms with Gasteiger partial charge in [0, 0.05) is 12.2 Å². The molecule has 2 N–H and O–H groups in total. The van der Waals surface area contributed by atoms with E-state index in [1.54, 1.807) is 0 Å². The van der Waals surface area contributed by atoms with E-state index >= 15 is 0 Å². The third kappa shape index (κ3) is 3.07. The first-order chi connectivity index (χ1) is 8.66. The highest BCUT2D eigenvalue weighted by Crippen LogP contribution is 2.11. The van der Waals surface area contributed by atoms with Crippen LogP contribution in [-0.4, -0.2) is 29.8 Å². The maximum Gasteiger partial charge on any atom is 0.335 e. The summed E-state index contributed by atoms with van der Waals surface area (Å²) >= 11 is 0. The number of rotatable bonds is 3. The van der Waals surface area contributed by atoms with Gasteiger partial charge in [0.2, 0.25) is 0 Å². The lowest BCUT2D eigenvalue weighted by Gasteiger charge is -2.23. The topological polar surface area (TPSA) is 75.6 Å². The fraction of sp³-hybridized carbons (Fsp3) is 0.385. The fourth-order valence-electron chi connectivity index (χ4n) is 1.85. The SMILES string of the molecule is O=C(O)c1ccc(C(=O)NC2CCCCO2)cc1. The summed E-state index contributed by atoms with van der Waals surface area (Å²) in [5.41, 5.74) is 0.606. The number of carboxylic acid groups (broad SMARTS) is 1. The Labute approximate surface area is 105 Å². The Bertz CT molecular complexity index is 435.